The van der Waals surface area contributed by atoms with Crippen molar-refractivity contribution in [1.29, 1.82) is 0 Å². The highest BCUT2D eigenvalue weighted by atomic mass is 31.2. The van der Waals surface area contributed by atoms with E-state index in [-0.39, 0.29) is 0 Å². The summed E-state index contributed by atoms with van der Waals surface area (Å²) in [6, 6.07) is 27.6. The van der Waals surface area contributed by atoms with Crippen LogP contribution in [0.15, 0.2) is 91.0 Å². The van der Waals surface area contributed by atoms with Crippen LogP contribution in [0.2, 0.25) is 0 Å². The molecule has 0 aliphatic carbocycles. The first-order valence-electron chi connectivity index (χ1n) is 7.17. The minimum absolute atomic E-state index is 0.664. The first-order valence-corrected chi connectivity index (χ1v) is 8.94. The second-order valence-corrected chi connectivity index (χ2v) is 7.95. The molecule has 0 spiro atoms. The summed E-state index contributed by atoms with van der Waals surface area (Å²) in [4.78, 5) is 0. The lowest BCUT2D eigenvalue weighted by molar-refractivity contribution is 0.257. The summed E-state index contributed by atoms with van der Waals surface area (Å²) in [5, 5.41) is 12.2. The van der Waals surface area contributed by atoms with Gasteiger partial charge in [0.1, 0.15) is 5.85 Å². The largest absolute Gasteiger partial charge is 0.380 e. The molecular formula is C19H17O2P. The maximum absolute atomic E-state index is 13.9. The van der Waals surface area contributed by atoms with E-state index in [0.717, 1.165) is 0 Å². The molecule has 3 aromatic carbocycles. The Hall–Kier alpha value is -2.15. The van der Waals surface area contributed by atoms with Gasteiger partial charge in [0.15, 0.2) is 7.14 Å². The van der Waals surface area contributed by atoms with E-state index < -0.39 is 13.0 Å². The molecular weight excluding hydrogens is 291 g/mol. The molecule has 1 atom stereocenters. The third-order valence-electron chi connectivity index (χ3n) is 3.72. The van der Waals surface area contributed by atoms with Crippen molar-refractivity contribution in [1.82, 2.24) is 0 Å². The Morgan fingerprint density at radius 2 is 1.00 bits per heavy atom. The van der Waals surface area contributed by atoms with Gasteiger partial charge in [-0.15, -0.1) is 0 Å². The monoisotopic (exact) mass is 308 g/mol. The summed E-state index contributed by atoms with van der Waals surface area (Å²) in [7, 11) is -3.18. The van der Waals surface area contributed by atoms with Crippen LogP contribution in [0.4, 0.5) is 0 Å². The Morgan fingerprint density at radius 1 is 0.636 bits per heavy atom. The van der Waals surface area contributed by atoms with E-state index in [1.807, 2.05) is 91.0 Å². The summed E-state index contributed by atoms with van der Waals surface area (Å²) in [6.45, 7) is 0. The van der Waals surface area contributed by atoms with Crippen LogP contribution in [0.3, 0.4) is 0 Å². The third kappa shape index (κ3) is 2.64. The summed E-state index contributed by atoms with van der Waals surface area (Å²) < 4.78 is 13.9. The second-order valence-electron chi connectivity index (χ2n) is 5.11. The minimum Gasteiger partial charge on any atom is -0.380 e. The molecule has 0 heterocycles. The van der Waals surface area contributed by atoms with Crippen molar-refractivity contribution >= 4 is 17.8 Å². The van der Waals surface area contributed by atoms with Gasteiger partial charge in [0.2, 0.25) is 0 Å². The average molecular weight is 308 g/mol. The zero-order valence-corrected chi connectivity index (χ0v) is 12.9. The maximum Gasteiger partial charge on any atom is 0.174 e. The van der Waals surface area contributed by atoms with Crippen molar-refractivity contribution < 1.29 is 9.67 Å². The quantitative estimate of drug-likeness (QED) is 0.746. The summed E-state index contributed by atoms with van der Waals surface area (Å²) in [6.07, 6.45) is 0. The van der Waals surface area contributed by atoms with Crippen molar-refractivity contribution in [2.45, 2.75) is 5.85 Å². The lowest BCUT2D eigenvalue weighted by atomic mass is 10.2. The Balaban J connectivity index is 2.18. The molecule has 2 nitrogen and oxygen atoms in total. The number of hydrogen-bond donors (Lipinski definition) is 1. The molecule has 0 amide bonds. The van der Waals surface area contributed by atoms with Crippen LogP contribution in [0.5, 0.6) is 0 Å². The SMILES string of the molecule is O=P(c1ccccc1)(c1ccccc1)[C@H](O)c1ccccc1. The lowest BCUT2D eigenvalue weighted by Gasteiger charge is -2.25. The molecule has 0 fully saturated rings. The van der Waals surface area contributed by atoms with Crippen LogP contribution in [-0.2, 0) is 4.57 Å². The van der Waals surface area contributed by atoms with Crippen molar-refractivity contribution in [3.05, 3.63) is 96.6 Å². The molecule has 3 heteroatoms. The summed E-state index contributed by atoms with van der Waals surface area (Å²) >= 11 is 0. The highest BCUT2D eigenvalue weighted by molar-refractivity contribution is 7.78. The molecule has 0 saturated heterocycles. The van der Waals surface area contributed by atoms with E-state index >= 15 is 0 Å². The number of aliphatic hydroxyl groups excluding tert-OH is 1. The van der Waals surface area contributed by atoms with Gasteiger partial charge in [-0.25, -0.2) is 0 Å². The Morgan fingerprint density at radius 3 is 1.41 bits per heavy atom. The van der Waals surface area contributed by atoms with Crippen LogP contribution >= 0.6 is 7.14 Å². The van der Waals surface area contributed by atoms with Crippen LogP contribution in [0.25, 0.3) is 0 Å². The van der Waals surface area contributed by atoms with E-state index in [2.05, 4.69) is 0 Å². The van der Waals surface area contributed by atoms with Crippen LogP contribution in [0.1, 0.15) is 11.4 Å². The molecule has 0 bridgehead atoms. The predicted molar refractivity (Wildman–Crippen MR) is 91.2 cm³/mol. The van der Waals surface area contributed by atoms with Gasteiger partial charge in [-0.1, -0.05) is 91.0 Å². The summed E-state index contributed by atoms with van der Waals surface area (Å²) in [5.74, 6) is -1.06. The molecule has 22 heavy (non-hydrogen) atoms. The Bertz CT molecular complexity index is 727. The second kappa shape index (κ2) is 6.31. The highest BCUT2D eigenvalue weighted by Gasteiger charge is 2.36. The van der Waals surface area contributed by atoms with Crippen molar-refractivity contribution in [3.8, 4) is 0 Å². The highest BCUT2D eigenvalue weighted by Crippen LogP contribution is 2.55. The molecule has 0 radical (unpaired) electrons. The van der Waals surface area contributed by atoms with Gasteiger partial charge in [-0.3, -0.25) is 0 Å². The van der Waals surface area contributed by atoms with Gasteiger partial charge in [0, 0.05) is 10.6 Å². The van der Waals surface area contributed by atoms with Gasteiger partial charge in [0.05, 0.1) is 0 Å². The van der Waals surface area contributed by atoms with E-state index in [1.54, 1.807) is 0 Å². The van der Waals surface area contributed by atoms with Gasteiger partial charge < -0.3 is 9.67 Å². The van der Waals surface area contributed by atoms with Gasteiger partial charge >= 0.3 is 0 Å². The van der Waals surface area contributed by atoms with Crippen molar-refractivity contribution in [2.75, 3.05) is 0 Å². The molecule has 0 aromatic heterocycles. The first-order chi connectivity index (χ1) is 10.7. The molecule has 0 saturated carbocycles. The van der Waals surface area contributed by atoms with E-state index in [1.165, 1.54) is 0 Å². The number of aliphatic hydroxyl groups is 1. The van der Waals surface area contributed by atoms with Crippen molar-refractivity contribution in [3.63, 3.8) is 0 Å². The predicted octanol–water partition coefficient (Wildman–Crippen LogP) is 3.69. The normalized spacial score (nSPS) is 12.8. The smallest absolute Gasteiger partial charge is 0.174 e. The van der Waals surface area contributed by atoms with E-state index in [4.69, 9.17) is 0 Å². The minimum atomic E-state index is -3.18. The maximum atomic E-state index is 13.9. The number of hydrogen-bond acceptors (Lipinski definition) is 2. The van der Waals surface area contributed by atoms with Gasteiger partial charge in [0.25, 0.3) is 0 Å². The van der Waals surface area contributed by atoms with Gasteiger partial charge in [-0.2, -0.15) is 0 Å². The van der Waals surface area contributed by atoms with E-state index in [0.29, 0.717) is 16.2 Å². The number of benzene rings is 3. The molecule has 0 unspecified atom stereocenters. The number of rotatable bonds is 4. The first kappa shape index (κ1) is 14.8. The van der Waals surface area contributed by atoms with E-state index in [9.17, 15) is 9.67 Å². The van der Waals surface area contributed by atoms with Gasteiger partial charge in [-0.05, 0) is 5.56 Å². The fraction of sp³-hybridized carbons (Fsp3) is 0.0526. The topological polar surface area (TPSA) is 37.3 Å². The standard InChI is InChI=1S/C19H17O2P/c20-19(16-10-4-1-5-11-16)22(21,17-12-6-2-7-13-17)18-14-8-3-9-15-18/h1-15,19-20H/t19-/m0/s1. The fourth-order valence-electron chi connectivity index (χ4n) is 2.57. The average Bonchev–Trinajstić information content (AvgIpc) is 2.62. The fourth-order valence-corrected chi connectivity index (χ4v) is 5.25. The zero-order valence-electron chi connectivity index (χ0n) is 12.0. The molecule has 3 aromatic rings. The van der Waals surface area contributed by atoms with Crippen LogP contribution in [0, 0.1) is 0 Å². The Labute approximate surface area is 130 Å². The van der Waals surface area contributed by atoms with Crippen LogP contribution in [-0.4, -0.2) is 5.11 Å². The zero-order chi connectivity index (χ0) is 15.4. The lowest BCUT2D eigenvalue weighted by Crippen LogP contribution is -2.21. The third-order valence-corrected chi connectivity index (χ3v) is 6.84. The summed E-state index contributed by atoms with van der Waals surface area (Å²) in [5.41, 5.74) is 0.665. The molecule has 3 rings (SSSR count). The molecule has 0 aliphatic heterocycles. The molecule has 0 aliphatic rings. The van der Waals surface area contributed by atoms with Crippen LogP contribution < -0.4 is 10.6 Å². The Kier molecular flexibility index (Phi) is 4.24. The molecule has 1 N–H and O–H groups in total. The molecule has 110 valence electrons. The van der Waals surface area contributed by atoms with Crippen molar-refractivity contribution in [2.24, 2.45) is 0 Å².